The van der Waals surface area contributed by atoms with Crippen molar-refractivity contribution >= 4 is 44.0 Å². The molecule has 1 fully saturated rings. The SMILES string of the molecule is O=C(Nc1cccc(S(=O)(=O)Nc2nccs2)c1)NC1CCN(c2ccccn2)C1. The second-order valence-corrected chi connectivity index (χ2v) is 9.27. The summed E-state index contributed by atoms with van der Waals surface area (Å²) in [7, 11) is -3.79. The number of nitrogens with one attached hydrogen (secondary N) is 3. The summed E-state index contributed by atoms with van der Waals surface area (Å²) in [6.07, 6.45) is 4.06. The van der Waals surface area contributed by atoms with Gasteiger partial charge >= 0.3 is 6.03 Å². The molecule has 3 N–H and O–H groups in total. The standard InChI is InChI=1S/C19H20N6O3S2/c26-18(23-15-7-10-25(13-15)17-6-1-2-8-20-17)22-14-4-3-5-16(12-14)30(27,28)24-19-21-9-11-29-19/h1-6,8-9,11-12,15H,7,10,13H2,(H,21,24)(H2,22,23,26). The summed E-state index contributed by atoms with van der Waals surface area (Å²) >= 11 is 1.19. The van der Waals surface area contributed by atoms with Gasteiger partial charge in [0.25, 0.3) is 10.0 Å². The Hall–Kier alpha value is -3.18. The van der Waals surface area contributed by atoms with E-state index in [1.54, 1.807) is 23.7 Å². The lowest BCUT2D eigenvalue weighted by atomic mass is 10.3. The van der Waals surface area contributed by atoms with Crippen LogP contribution in [-0.4, -0.2) is 43.5 Å². The number of thiazole rings is 1. The largest absolute Gasteiger partial charge is 0.354 e. The molecule has 0 aliphatic carbocycles. The molecular weight excluding hydrogens is 424 g/mol. The van der Waals surface area contributed by atoms with Crippen LogP contribution in [0.25, 0.3) is 0 Å². The normalized spacial score (nSPS) is 16.3. The molecular formula is C19H20N6O3S2. The highest BCUT2D eigenvalue weighted by atomic mass is 32.2. The summed E-state index contributed by atoms with van der Waals surface area (Å²) < 4.78 is 27.4. The summed E-state index contributed by atoms with van der Waals surface area (Å²) in [4.78, 5) is 22.8. The third-order valence-electron chi connectivity index (χ3n) is 4.55. The molecule has 1 aliphatic heterocycles. The van der Waals surface area contributed by atoms with Gasteiger partial charge in [0, 0.05) is 42.6 Å². The molecule has 1 unspecified atom stereocenters. The van der Waals surface area contributed by atoms with Crippen LogP contribution in [0.3, 0.4) is 0 Å². The third-order valence-corrected chi connectivity index (χ3v) is 6.71. The average molecular weight is 445 g/mol. The second kappa shape index (κ2) is 8.67. The topological polar surface area (TPSA) is 116 Å². The third kappa shape index (κ3) is 4.86. The van der Waals surface area contributed by atoms with Crippen molar-refractivity contribution in [1.82, 2.24) is 15.3 Å². The Kier molecular flexibility index (Phi) is 5.81. The molecule has 11 heteroatoms. The quantitative estimate of drug-likeness (QED) is 0.538. The van der Waals surface area contributed by atoms with E-state index in [-0.39, 0.29) is 22.1 Å². The van der Waals surface area contributed by atoms with Gasteiger partial charge in [0.05, 0.1) is 4.90 Å². The Morgan fingerprint density at radius 2 is 2.03 bits per heavy atom. The van der Waals surface area contributed by atoms with E-state index < -0.39 is 10.0 Å². The van der Waals surface area contributed by atoms with Gasteiger partial charge in [0.2, 0.25) is 0 Å². The van der Waals surface area contributed by atoms with Crippen LogP contribution in [0.4, 0.5) is 21.4 Å². The Morgan fingerprint density at radius 3 is 2.80 bits per heavy atom. The van der Waals surface area contributed by atoms with Crippen LogP contribution in [0.5, 0.6) is 0 Å². The van der Waals surface area contributed by atoms with Gasteiger partial charge in [-0.05, 0) is 36.8 Å². The van der Waals surface area contributed by atoms with Crippen molar-refractivity contribution < 1.29 is 13.2 Å². The molecule has 9 nitrogen and oxygen atoms in total. The lowest BCUT2D eigenvalue weighted by molar-refractivity contribution is 0.249. The van der Waals surface area contributed by atoms with E-state index in [2.05, 4.69) is 30.2 Å². The highest BCUT2D eigenvalue weighted by Crippen LogP contribution is 2.21. The number of benzene rings is 1. The van der Waals surface area contributed by atoms with Gasteiger partial charge in [-0.15, -0.1) is 11.3 Å². The summed E-state index contributed by atoms with van der Waals surface area (Å²) in [5, 5.41) is 7.60. The monoisotopic (exact) mass is 444 g/mol. The van der Waals surface area contributed by atoms with Gasteiger partial charge in [0.1, 0.15) is 5.82 Å². The van der Waals surface area contributed by atoms with Crippen molar-refractivity contribution in [2.45, 2.75) is 17.4 Å². The van der Waals surface area contributed by atoms with E-state index in [1.165, 1.54) is 29.7 Å². The van der Waals surface area contributed by atoms with Gasteiger partial charge in [-0.1, -0.05) is 12.1 Å². The van der Waals surface area contributed by atoms with Crippen molar-refractivity contribution in [3.63, 3.8) is 0 Å². The number of nitrogens with zero attached hydrogens (tertiary/aromatic N) is 3. The minimum atomic E-state index is -3.79. The summed E-state index contributed by atoms with van der Waals surface area (Å²) in [5.74, 6) is 0.882. The zero-order chi connectivity index (χ0) is 21.0. The molecule has 3 aromatic rings. The molecule has 2 aromatic heterocycles. The number of rotatable bonds is 6. The van der Waals surface area contributed by atoms with Crippen molar-refractivity contribution in [2.24, 2.45) is 0 Å². The molecule has 0 bridgehead atoms. The van der Waals surface area contributed by atoms with Crippen LogP contribution in [0.15, 0.2) is 65.1 Å². The molecule has 2 amide bonds. The van der Waals surface area contributed by atoms with Crippen LogP contribution in [0.1, 0.15) is 6.42 Å². The number of carbonyl (C=O) groups is 1. The molecule has 0 spiro atoms. The molecule has 1 saturated heterocycles. The maximum Gasteiger partial charge on any atom is 0.319 e. The Morgan fingerprint density at radius 1 is 1.13 bits per heavy atom. The highest BCUT2D eigenvalue weighted by molar-refractivity contribution is 7.93. The number of anilines is 3. The number of hydrogen-bond donors (Lipinski definition) is 3. The van der Waals surface area contributed by atoms with Crippen LogP contribution < -0.4 is 20.3 Å². The van der Waals surface area contributed by atoms with E-state index in [0.717, 1.165) is 18.8 Å². The molecule has 0 radical (unpaired) electrons. The van der Waals surface area contributed by atoms with Crippen molar-refractivity contribution in [3.05, 3.63) is 60.2 Å². The Bertz CT molecular complexity index is 1110. The maximum absolute atomic E-state index is 12.5. The first kappa shape index (κ1) is 20.1. The Labute approximate surface area is 178 Å². The van der Waals surface area contributed by atoms with E-state index in [1.807, 2.05) is 18.2 Å². The van der Waals surface area contributed by atoms with Crippen LogP contribution >= 0.6 is 11.3 Å². The van der Waals surface area contributed by atoms with Gasteiger partial charge in [-0.2, -0.15) is 0 Å². The molecule has 1 aliphatic rings. The minimum absolute atomic E-state index is 0.0227. The van der Waals surface area contributed by atoms with E-state index >= 15 is 0 Å². The molecule has 156 valence electrons. The summed E-state index contributed by atoms with van der Waals surface area (Å²) in [5.41, 5.74) is 0.383. The molecule has 1 atom stereocenters. The zero-order valence-electron chi connectivity index (χ0n) is 15.9. The number of hydrogen-bond acceptors (Lipinski definition) is 7. The first-order valence-corrected chi connectivity index (χ1v) is 11.6. The van der Waals surface area contributed by atoms with E-state index in [0.29, 0.717) is 12.2 Å². The van der Waals surface area contributed by atoms with Gasteiger partial charge < -0.3 is 15.5 Å². The first-order chi connectivity index (χ1) is 14.5. The van der Waals surface area contributed by atoms with Crippen LogP contribution in [0, 0.1) is 0 Å². The average Bonchev–Trinajstić information content (AvgIpc) is 3.41. The van der Waals surface area contributed by atoms with Crippen molar-refractivity contribution in [3.8, 4) is 0 Å². The van der Waals surface area contributed by atoms with Crippen LogP contribution in [-0.2, 0) is 10.0 Å². The molecule has 4 rings (SSSR count). The minimum Gasteiger partial charge on any atom is -0.354 e. The second-order valence-electron chi connectivity index (χ2n) is 6.69. The lowest BCUT2D eigenvalue weighted by Gasteiger charge is -2.18. The number of urea groups is 1. The highest BCUT2D eigenvalue weighted by Gasteiger charge is 2.25. The smallest absolute Gasteiger partial charge is 0.319 e. The number of amides is 2. The summed E-state index contributed by atoms with van der Waals surface area (Å²) in [6, 6.07) is 11.4. The fourth-order valence-electron chi connectivity index (χ4n) is 3.17. The number of carbonyl (C=O) groups excluding carboxylic acids is 1. The Balaban J connectivity index is 1.35. The van der Waals surface area contributed by atoms with Gasteiger partial charge in [-0.3, -0.25) is 4.72 Å². The lowest BCUT2D eigenvalue weighted by Crippen LogP contribution is -2.39. The van der Waals surface area contributed by atoms with Crippen molar-refractivity contribution in [1.29, 1.82) is 0 Å². The van der Waals surface area contributed by atoms with Gasteiger partial charge in [-0.25, -0.2) is 23.2 Å². The molecule has 30 heavy (non-hydrogen) atoms. The van der Waals surface area contributed by atoms with Crippen molar-refractivity contribution in [2.75, 3.05) is 28.0 Å². The summed E-state index contributed by atoms with van der Waals surface area (Å²) in [6.45, 7) is 1.47. The van der Waals surface area contributed by atoms with Gasteiger partial charge in [0.15, 0.2) is 5.13 Å². The zero-order valence-corrected chi connectivity index (χ0v) is 17.5. The van der Waals surface area contributed by atoms with E-state index in [9.17, 15) is 13.2 Å². The first-order valence-electron chi connectivity index (χ1n) is 9.25. The molecule has 3 heterocycles. The van der Waals surface area contributed by atoms with E-state index in [4.69, 9.17) is 0 Å². The predicted octanol–water partition coefficient (Wildman–Crippen LogP) is 2.74. The number of sulfonamides is 1. The van der Waals surface area contributed by atoms with Crippen LogP contribution in [0.2, 0.25) is 0 Å². The predicted molar refractivity (Wildman–Crippen MR) is 116 cm³/mol. The molecule has 1 aromatic carbocycles. The maximum atomic E-state index is 12.5. The fourth-order valence-corrected chi connectivity index (χ4v) is 5.00. The number of aromatic nitrogens is 2. The fraction of sp³-hybridized carbons (Fsp3) is 0.211. The number of pyridine rings is 1. The molecule has 0 saturated carbocycles.